The molecule has 1 heterocycles. The first-order valence-corrected chi connectivity index (χ1v) is 20.5. The molecule has 5 rings (SSSR count). The van der Waals surface area contributed by atoms with Crippen LogP contribution in [0.2, 0.25) is 0 Å². The Balaban J connectivity index is 1.57. The summed E-state index contributed by atoms with van der Waals surface area (Å²) in [6.45, 7) is 0.463. The highest BCUT2D eigenvalue weighted by Gasteiger charge is 2.54. The Morgan fingerprint density at radius 1 is 0.619 bits per heavy atom. The number of esters is 3. The van der Waals surface area contributed by atoms with Gasteiger partial charge in [0.1, 0.15) is 18.2 Å². The van der Waals surface area contributed by atoms with Gasteiger partial charge in [0.25, 0.3) is 0 Å². The van der Waals surface area contributed by atoms with Crippen molar-refractivity contribution >= 4 is 17.9 Å². The molecule has 0 amide bonds. The van der Waals surface area contributed by atoms with Gasteiger partial charge in [-0.3, -0.25) is 0 Å². The number of nitrogens with zero attached hydrogens (tertiary/aromatic N) is 12. The lowest BCUT2D eigenvalue weighted by molar-refractivity contribution is -0.278. The molecule has 1 aliphatic carbocycles. The summed E-state index contributed by atoms with van der Waals surface area (Å²) in [7, 11) is 0. The molecule has 3 aromatic rings. The zero-order chi connectivity index (χ0) is 44.8. The first-order valence-electron chi connectivity index (χ1n) is 20.5. The molecule has 330 valence electrons. The SMILES string of the molecule is [N-]=[N+]=NC[C@H]1O[C@H](O[C@H]2[C@@H](NCCCCCCCCN)[C@@H](OC(=O)c3ccccc3)[C@H](N=[N+]=[N-])C[C@@H]2N=[N+]=[N-])[C@H](N=[N+]=[N-])[C@@H](OC(=O)c2ccccc2)[C@@H]1OC(=O)c1ccccc1. The standard InChI is InChI=1S/C41H48N14O8/c42-22-14-3-1-2-4-15-23-47-32-34(60-38(56)26-16-8-5-9-17-26)29(49-53-44)24-30(50-54-45)35(32)63-41-33(51-55-46)37(62-40(58)28-20-12-7-13-21-28)36(31(59-41)25-48-52-43)61-39(57)27-18-10-6-11-19-27/h5-13,16-21,29-37,41,47H,1-4,14-15,22-25,42H2/t29-,30+,31-,32+,33-,34+,35-,36-,37-,41-/m1/s1. The molecule has 63 heavy (non-hydrogen) atoms. The lowest BCUT2D eigenvalue weighted by Gasteiger charge is -2.48. The van der Waals surface area contributed by atoms with E-state index >= 15 is 0 Å². The predicted molar refractivity (Wildman–Crippen MR) is 226 cm³/mol. The zero-order valence-corrected chi connectivity index (χ0v) is 34.2. The number of ether oxygens (including phenoxy) is 5. The van der Waals surface area contributed by atoms with Crippen LogP contribution in [-0.4, -0.2) is 98.5 Å². The smallest absolute Gasteiger partial charge is 0.338 e. The van der Waals surface area contributed by atoms with Crippen LogP contribution in [0.4, 0.5) is 0 Å². The van der Waals surface area contributed by atoms with Gasteiger partial charge < -0.3 is 34.7 Å². The molecule has 1 saturated carbocycles. The van der Waals surface area contributed by atoms with Crippen LogP contribution in [0.15, 0.2) is 111 Å². The summed E-state index contributed by atoms with van der Waals surface area (Å²) in [5.74, 6) is -2.49. The summed E-state index contributed by atoms with van der Waals surface area (Å²) >= 11 is 0. The van der Waals surface area contributed by atoms with Gasteiger partial charge in [-0.2, -0.15) is 0 Å². The number of rotatable bonds is 22. The van der Waals surface area contributed by atoms with Crippen molar-refractivity contribution in [1.82, 2.24) is 5.32 Å². The summed E-state index contributed by atoms with van der Waals surface area (Å²) in [5, 5.41) is 19.0. The van der Waals surface area contributed by atoms with E-state index in [4.69, 9.17) is 29.4 Å². The summed E-state index contributed by atoms with van der Waals surface area (Å²) in [6.07, 6.45) is -3.61. The van der Waals surface area contributed by atoms with Crippen molar-refractivity contribution in [3.8, 4) is 0 Å². The van der Waals surface area contributed by atoms with Crippen LogP contribution < -0.4 is 11.1 Å². The molecule has 0 spiro atoms. The maximum atomic E-state index is 13.8. The van der Waals surface area contributed by atoms with E-state index in [1.165, 1.54) is 24.3 Å². The molecule has 22 heteroatoms. The largest absolute Gasteiger partial charge is 0.457 e. The number of carbonyl (C=O) groups excluding carboxylic acids is 3. The fourth-order valence-corrected chi connectivity index (χ4v) is 7.52. The molecule has 0 bridgehead atoms. The molecule has 0 radical (unpaired) electrons. The minimum Gasteiger partial charge on any atom is -0.457 e. The number of unbranched alkanes of at least 4 members (excludes halogenated alkanes) is 5. The molecule has 10 atom stereocenters. The highest BCUT2D eigenvalue weighted by molar-refractivity contribution is 5.90. The number of hydrogen-bond acceptors (Lipinski definition) is 14. The first-order chi connectivity index (χ1) is 30.8. The minimum absolute atomic E-state index is 0.104. The van der Waals surface area contributed by atoms with E-state index in [2.05, 4.69) is 45.4 Å². The molecule has 2 aliphatic rings. The van der Waals surface area contributed by atoms with Gasteiger partial charge in [-0.1, -0.05) is 101 Å². The van der Waals surface area contributed by atoms with Crippen molar-refractivity contribution in [1.29, 1.82) is 0 Å². The molecule has 0 aromatic heterocycles. The van der Waals surface area contributed by atoms with Crippen molar-refractivity contribution in [3.63, 3.8) is 0 Å². The zero-order valence-electron chi connectivity index (χ0n) is 34.2. The van der Waals surface area contributed by atoms with E-state index < -0.39 is 85.4 Å². The highest BCUT2D eigenvalue weighted by Crippen LogP contribution is 2.36. The average Bonchev–Trinajstić information content (AvgIpc) is 3.31. The fourth-order valence-electron chi connectivity index (χ4n) is 7.52. The van der Waals surface area contributed by atoms with Crippen LogP contribution in [-0.2, 0) is 23.7 Å². The molecular formula is C41H48N14O8. The Kier molecular flexibility index (Phi) is 18.9. The molecule has 3 N–H and O–H groups in total. The fraction of sp³-hybridized carbons (Fsp3) is 0.488. The molecule has 3 aromatic carbocycles. The van der Waals surface area contributed by atoms with Crippen LogP contribution >= 0.6 is 0 Å². The lowest BCUT2D eigenvalue weighted by Crippen LogP contribution is -2.66. The topological polar surface area (TPSA) is 330 Å². The number of azide groups is 4. The Morgan fingerprint density at radius 3 is 1.60 bits per heavy atom. The molecule has 1 saturated heterocycles. The second-order valence-corrected chi connectivity index (χ2v) is 14.6. The summed E-state index contributed by atoms with van der Waals surface area (Å²) in [4.78, 5) is 52.9. The van der Waals surface area contributed by atoms with Gasteiger partial charge >= 0.3 is 17.9 Å². The Labute approximate surface area is 361 Å². The van der Waals surface area contributed by atoms with Gasteiger partial charge in [0.05, 0.1) is 47.5 Å². The average molecular weight is 865 g/mol. The molecule has 2 fully saturated rings. The monoisotopic (exact) mass is 864 g/mol. The Hall–Kier alpha value is -6.85. The summed E-state index contributed by atoms with van der Waals surface area (Å²) < 4.78 is 31.1. The van der Waals surface area contributed by atoms with E-state index in [0.717, 1.165) is 32.1 Å². The van der Waals surface area contributed by atoms with Crippen LogP contribution in [0.3, 0.4) is 0 Å². The number of benzene rings is 3. The van der Waals surface area contributed by atoms with Gasteiger partial charge in [-0.25, -0.2) is 14.4 Å². The molecule has 22 nitrogen and oxygen atoms in total. The van der Waals surface area contributed by atoms with E-state index in [0.29, 0.717) is 19.5 Å². The summed E-state index contributed by atoms with van der Waals surface area (Å²) in [6, 6.07) is 19.1. The van der Waals surface area contributed by atoms with E-state index in [1.54, 1.807) is 66.7 Å². The maximum absolute atomic E-state index is 13.8. The van der Waals surface area contributed by atoms with Crippen LogP contribution in [0.5, 0.6) is 0 Å². The van der Waals surface area contributed by atoms with Crippen molar-refractivity contribution in [3.05, 3.63) is 149 Å². The van der Waals surface area contributed by atoms with Crippen LogP contribution in [0.25, 0.3) is 41.8 Å². The van der Waals surface area contributed by atoms with Crippen LogP contribution in [0, 0.1) is 0 Å². The van der Waals surface area contributed by atoms with Crippen LogP contribution in [0.1, 0.15) is 76.0 Å². The number of nitrogens with one attached hydrogen (secondary N) is 1. The van der Waals surface area contributed by atoms with Gasteiger partial charge in [0, 0.05) is 19.6 Å². The van der Waals surface area contributed by atoms with Crippen molar-refractivity contribution in [2.75, 3.05) is 19.6 Å². The quantitative estimate of drug-likeness (QED) is 0.0246. The number of nitrogens with two attached hydrogens (primary N) is 1. The summed E-state index contributed by atoms with van der Waals surface area (Å²) in [5.41, 5.74) is 44.9. The second-order valence-electron chi connectivity index (χ2n) is 14.6. The van der Waals surface area contributed by atoms with E-state index in [1.807, 2.05) is 0 Å². The van der Waals surface area contributed by atoms with Gasteiger partial charge in [-0.15, -0.1) is 0 Å². The van der Waals surface area contributed by atoms with Crippen molar-refractivity contribution < 1.29 is 38.1 Å². The van der Waals surface area contributed by atoms with Gasteiger partial charge in [0.15, 0.2) is 18.5 Å². The van der Waals surface area contributed by atoms with Gasteiger partial charge in [-0.05, 0) is 90.9 Å². The second kappa shape index (κ2) is 25.2. The highest BCUT2D eigenvalue weighted by atomic mass is 16.7. The van der Waals surface area contributed by atoms with Gasteiger partial charge in [0.2, 0.25) is 0 Å². The Bertz CT molecular complexity index is 2150. The maximum Gasteiger partial charge on any atom is 0.338 e. The Morgan fingerprint density at radius 2 is 1.10 bits per heavy atom. The molecular weight excluding hydrogens is 817 g/mol. The minimum atomic E-state index is -1.69. The van der Waals surface area contributed by atoms with E-state index in [-0.39, 0.29) is 23.1 Å². The lowest BCUT2D eigenvalue weighted by atomic mass is 9.82. The predicted octanol–water partition coefficient (Wildman–Crippen LogP) is 7.78. The normalized spacial score (nSPS) is 25.0. The first kappa shape index (κ1) is 47.2. The third-order valence-corrected chi connectivity index (χ3v) is 10.5. The third-order valence-electron chi connectivity index (χ3n) is 10.5. The molecule has 0 unspecified atom stereocenters. The van der Waals surface area contributed by atoms with Crippen molar-refractivity contribution in [2.45, 2.75) is 106 Å². The number of hydrogen-bond donors (Lipinski definition) is 2. The number of carbonyl (C=O) groups is 3. The third kappa shape index (κ3) is 13.3. The van der Waals surface area contributed by atoms with Crippen molar-refractivity contribution in [2.24, 2.45) is 26.2 Å². The molecule has 1 aliphatic heterocycles. The van der Waals surface area contributed by atoms with E-state index in [9.17, 15) is 36.5 Å².